The van der Waals surface area contributed by atoms with Gasteiger partial charge in [0.2, 0.25) is 10.0 Å². The van der Waals surface area contributed by atoms with Crippen LogP contribution in [0.4, 0.5) is 0 Å². The second-order valence-corrected chi connectivity index (χ2v) is 8.88. The van der Waals surface area contributed by atoms with Crippen molar-refractivity contribution in [1.82, 2.24) is 9.62 Å². The van der Waals surface area contributed by atoms with Crippen molar-refractivity contribution in [1.29, 1.82) is 0 Å². The summed E-state index contributed by atoms with van der Waals surface area (Å²) in [6.45, 7) is 3.35. The fourth-order valence-corrected chi connectivity index (χ4v) is 4.66. The molecule has 1 amide bonds. The van der Waals surface area contributed by atoms with Crippen LogP contribution in [0.2, 0.25) is 0 Å². The Kier molecular flexibility index (Phi) is 6.70. The summed E-state index contributed by atoms with van der Waals surface area (Å²) in [7, 11) is -3.43. The minimum Gasteiger partial charge on any atom is -0.484 e. The molecular weight excluding hydrogens is 376 g/mol. The Labute approximate surface area is 166 Å². The number of carbonyl (C=O) groups is 1. The number of para-hydroxylation sites is 1. The highest BCUT2D eigenvalue weighted by Crippen LogP contribution is 2.21. The third kappa shape index (κ3) is 5.11. The van der Waals surface area contributed by atoms with Crippen LogP contribution in [0, 0.1) is 6.92 Å². The standard InChI is InChI=1S/C21H26N2O4S/c1-17-7-3-4-8-20(17)27-16-21(24)22-15-18-9-11-19(12-10-18)28(25,26)23-13-5-2-6-14-23/h3-4,7-12H,2,5-6,13-16H2,1H3,(H,22,24). The van der Waals surface area contributed by atoms with Crippen LogP contribution < -0.4 is 10.1 Å². The topological polar surface area (TPSA) is 75.7 Å². The van der Waals surface area contributed by atoms with Crippen LogP contribution in [-0.4, -0.2) is 38.3 Å². The van der Waals surface area contributed by atoms with Gasteiger partial charge in [0.15, 0.2) is 6.61 Å². The van der Waals surface area contributed by atoms with Gasteiger partial charge in [-0.25, -0.2) is 8.42 Å². The maximum Gasteiger partial charge on any atom is 0.258 e. The second kappa shape index (κ2) is 9.21. The smallest absolute Gasteiger partial charge is 0.258 e. The molecule has 150 valence electrons. The highest BCUT2D eigenvalue weighted by atomic mass is 32.2. The van der Waals surface area contributed by atoms with E-state index in [4.69, 9.17) is 4.74 Å². The van der Waals surface area contributed by atoms with Gasteiger partial charge < -0.3 is 10.1 Å². The Morgan fingerprint density at radius 2 is 1.71 bits per heavy atom. The number of amides is 1. The molecule has 0 atom stereocenters. The number of carbonyl (C=O) groups excluding carboxylic acids is 1. The van der Waals surface area contributed by atoms with Crippen LogP contribution in [0.25, 0.3) is 0 Å². The molecule has 2 aromatic carbocycles. The Hall–Kier alpha value is -2.38. The van der Waals surface area contributed by atoms with Crippen LogP contribution in [0.15, 0.2) is 53.4 Å². The minimum absolute atomic E-state index is 0.0632. The predicted molar refractivity (Wildman–Crippen MR) is 108 cm³/mol. The fourth-order valence-electron chi connectivity index (χ4n) is 3.15. The lowest BCUT2D eigenvalue weighted by Gasteiger charge is -2.25. The highest BCUT2D eigenvalue weighted by Gasteiger charge is 2.25. The van der Waals surface area contributed by atoms with E-state index in [2.05, 4.69) is 5.32 Å². The van der Waals surface area contributed by atoms with E-state index in [9.17, 15) is 13.2 Å². The molecule has 0 radical (unpaired) electrons. The van der Waals surface area contributed by atoms with E-state index in [1.165, 1.54) is 0 Å². The van der Waals surface area contributed by atoms with E-state index >= 15 is 0 Å². The van der Waals surface area contributed by atoms with Crippen LogP contribution in [0.1, 0.15) is 30.4 Å². The summed E-state index contributed by atoms with van der Waals surface area (Å²) in [5, 5.41) is 2.79. The third-order valence-corrected chi connectivity index (χ3v) is 6.73. The van der Waals surface area contributed by atoms with Crippen molar-refractivity contribution < 1.29 is 17.9 Å². The predicted octanol–water partition coefficient (Wildman–Crippen LogP) is 2.86. The Morgan fingerprint density at radius 3 is 2.39 bits per heavy atom. The van der Waals surface area contributed by atoms with Gasteiger partial charge in [-0.1, -0.05) is 36.8 Å². The van der Waals surface area contributed by atoms with Crippen molar-refractivity contribution in [3.8, 4) is 5.75 Å². The maximum absolute atomic E-state index is 12.7. The Bertz CT molecular complexity index is 904. The van der Waals surface area contributed by atoms with Gasteiger partial charge in [-0.05, 0) is 49.1 Å². The number of hydrogen-bond acceptors (Lipinski definition) is 4. The molecule has 0 saturated carbocycles. The number of benzene rings is 2. The number of ether oxygens (including phenoxy) is 1. The van der Waals surface area contributed by atoms with E-state index in [1.807, 2.05) is 31.2 Å². The van der Waals surface area contributed by atoms with Crippen molar-refractivity contribution in [3.05, 3.63) is 59.7 Å². The first-order chi connectivity index (χ1) is 13.5. The quantitative estimate of drug-likeness (QED) is 0.773. The van der Waals surface area contributed by atoms with E-state index in [0.717, 1.165) is 30.4 Å². The summed E-state index contributed by atoms with van der Waals surface area (Å²) >= 11 is 0. The van der Waals surface area contributed by atoms with Gasteiger partial charge in [-0.3, -0.25) is 4.79 Å². The summed E-state index contributed by atoms with van der Waals surface area (Å²) in [4.78, 5) is 12.3. The van der Waals surface area contributed by atoms with E-state index in [0.29, 0.717) is 30.3 Å². The fraction of sp³-hybridized carbons (Fsp3) is 0.381. The summed E-state index contributed by atoms with van der Waals surface area (Å²) in [6.07, 6.45) is 2.90. The molecule has 2 aromatic rings. The number of rotatable bonds is 7. The molecule has 0 spiro atoms. The maximum atomic E-state index is 12.7. The average Bonchev–Trinajstić information content (AvgIpc) is 2.72. The number of hydrogen-bond donors (Lipinski definition) is 1. The first kappa shape index (κ1) is 20.4. The number of piperidine rings is 1. The van der Waals surface area contributed by atoms with Gasteiger partial charge in [0, 0.05) is 19.6 Å². The molecule has 0 aliphatic carbocycles. The van der Waals surface area contributed by atoms with E-state index in [1.54, 1.807) is 28.6 Å². The molecular formula is C21H26N2O4S. The first-order valence-corrected chi connectivity index (χ1v) is 10.9. The lowest BCUT2D eigenvalue weighted by Crippen LogP contribution is -2.35. The first-order valence-electron chi connectivity index (χ1n) is 9.51. The van der Waals surface area contributed by atoms with Gasteiger partial charge in [0.25, 0.3) is 5.91 Å². The Balaban J connectivity index is 1.51. The number of nitrogens with zero attached hydrogens (tertiary/aromatic N) is 1. The molecule has 1 aliphatic rings. The lowest BCUT2D eigenvalue weighted by molar-refractivity contribution is -0.123. The van der Waals surface area contributed by atoms with Gasteiger partial charge in [-0.2, -0.15) is 4.31 Å². The zero-order valence-electron chi connectivity index (χ0n) is 16.1. The molecule has 6 nitrogen and oxygen atoms in total. The summed E-state index contributed by atoms with van der Waals surface area (Å²) in [6, 6.07) is 14.2. The molecule has 1 heterocycles. The molecule has 7 heteroatoms. The largest absolute Gasteiger partial charge is 0.484 e. The van der Waals surface area contributed by atoms with Gasteiger partial charge in [0.1, 0.15) is 5.75 Å². The molecule has 28 heavy (non-hydrogen) atoms. The third-order valence-electron chi connectivity index (χ3n) is 4.82. The monoisotopic (exact) mass is 402 g/mol. The van der Waals surface area contributed by atoms with Gasteiger partial charge in [0.05, 0.1) is 4.90 Å². The van der Waals surface area contributed by atoms with Crippen molar-refractivity contribution in [3.63, 3.8) is 0 Å². The number of aryl methyl sites for hydroxylation is 1. The van der Waals surface area contributed by atoms with Crippen LogP contribution in [-0.2, 0) is 21.4 Å². The van der Waals surface area contributed by atoms with E-state index < -0.39 is 10.0 Å². The SMILES string of the molecule is Cc1ccccc1OCC(=O)NCc1ccc(S(=O)(=O)N2CCCCC2)cc1. The zero-order chi connectivity index (χ0) is 20.0. The summed E-state index contributed by atoms with van der Waals surface area (Å²) in [5.41, 5.74) is 1.81. The summed E-state index contributed by atoms with van der Waals surface area (Å²) in [5.74, 6) is 0.457. The summed E-state index contributed by atoms with van der Waals surface area (Å²) < 4.78 is 32.4. The zero-order valence-corrected chi connectivity index (χ0v) is 16.9. The molecule has 0 unspecified atom stereocenters. The average molecular weight is 403 g/mol. The minimum atomic E-state index is -3.43. The van der Waals surface area contributed by atoms with Crippen LogP contribution in [0.3, 0.4) is 0 Å². The van der Waals surface area contributed by atoms with Gasteiger partial charge in [-0.15, -0.1) is 0 Å². The molecule has 3 rings (SSSR count). The number of sulfonamides is 1. The normalized spacial score (nSPS) is 15.2. The molecule has 0 bridgehead atoms. The lowest BCUT2D eigenvalue weighted by atomic mass is 10.2. The van der Waals surface area contributed by atoms with Crippen LogP contribution >= 0.6 is 0 Å². The molecule has 0 aromatic heterocycles. The van der Waals surface area contributed by atoms with Crippen molar-refractivity contribution >= 4 is 15.9 Å². The number of nitrogens with one attached hydrogen (secondary N) is 1. The van der Waals surface area contributed by atoms with Crippen molar-refractivity contribution in [2.24, 2.45) is 0 Å². The van der Waals surface area contributed by atoms with Crippen LogP contribution in [0.5, 0.6) is 5.75 Å². The highest BCUT2D eigenvalue weighted by molar-refractivity contribution is 7.89. The molecule has 1 fully saturated rings. The molecule has 1 aliphatic heterocycles. The second-order valence-electron chi connectivity index (χ2n) is 6.94. The van der Waals surface area contributed by atoms with Gasteiger partial charge >= 0.3 is 0 Å². The Morgan fingerprint density at radius 1 is 1.04 bits per heavy atom. The molecule has 1 saturated heterocycles. The van der Waals surface area contributed by atoms with Crippen molar-refractivity contribution in [2.45, 2.75) is 37.6 Å². The van der Waals surface area contributed by atoms with Crippen molar-refractivity contribution in [2.75, 3.05) is 19.7 Å². The van der Waals surface area contributed by atoms with E-state index in [-0.39, 0.29) is 12.5 Å². The molecule has 1 N–H and O–H groups in total.